The van der Waals surface area contributed by atoms with Gasteiger partial charge in [-0.25, -0.2) is 5.43 Å². The summed E-state index contributed by atoms with van der Waals surface area (Å²) in [5.41, 5.74) is 5.43. The first-order valence-corrected chi connectivity index (χ1v) is 11.2. The highest BCUT2D eigenvalue weighted by Gasteiger charge is 2.10. The Kier molecular flexibility index (Phi) is 9.10. The molecule has 10 nitrogen and oxygen atoms in total. The number of ether oxygens (including phenoxy) is 2. The van der Waals surface area contributed by atoms with Gasteiger partial charge in [-0.15, -0.1) is 0 Å². The van der Waals surface area contributed by atoms with Crippen molar-refractivity contribution < 1.29 is 24.0 Å². The van der Waals surface area contributed by atoms with E-state index in [1.807, 2.05) is 26.0 Å². The number of nitro groups is 1. The Morgan fingerprint density at radius 2 is 1.69 bits per heavy atom. The van der Waals surface area contributed by atoms with Gasteiger partial charge in [-0.3, -0.25) is 19.7 Å². The second-order valence-corrected chi connectivity index (χ2v) is 7.74. The summed E-state index contributed by atoms with van der Waals surface area (Å²) in [5, 5.41) is 17.3. The van der Waals surface area contributed by atoms with Crippen LogP contribution < -0.4 is 20.2 Å². The van der Waals surface area contributed by atoms with Gasteiger partial charge in [-0.2, -0.15) is 5.10 Å². The summed E-state index contributed by atoms with van der Waals surface area (Å²) < 4.78 is 11.5. The first-order chi connectivity index (χ1) is 17.3. The van der Waals surface area contributed by atoms with Gasteiger partial charge < -0.3 is 14.8 Å². The highest BCUT2D eigenvalue weighted by molar-refractivity contribution is 6.03. The maximum Gasteiger partial charge on any atom is 0.269 e. The predicted octanol–water partition coefficient (Wildman–Crippen LogP) is 4.36. The van der Waals surface area contributed by atoms with Gasteiger partial charge in [0, 0.05) is 17.8 Å². The minimum absolute atomic E-state index is 0.0105. The molecule has 0 aromatic heterocycles. The molecule has 0 atom stereocenters. The van der Waals surface area contributed by atoms with Crippen molar-refractivity contribution in [3.05, 3.63) is 93.5 Å². The van der Waals surface area contributed by atoms with E-state index in [1.165, 1.54) is 18.3 Å². The summed E-state index contributed by atoms with van der Waals surface area (Å²) in [6.45, 7) is 4.38. The number of aryl methyl sites for hydroxylation is 1. The molecular formula is C26H26N4O6. The van der Waals surface area contributed by atoms with Crippen LogP contribution in [0.5, 0.6) is 11.5 Å². The highest BCUT2D eigenvalue weighted by Crippen LogP contribution is 2.29. The van der Waals surface area contributed by atoms with Gasteiger partial charge in [-0.1, -0.05) is 17.7 Å². The van der Waals surface area contributed by atoms with Crippen LogP contribution in [0.1, 0.15) is 30.0 Å². The molecule has 2 N–H and O–H groups in total. The molecule has 0 spiro atoms. The zero-order chi connectivity index (χ0) is 25.9. The van der Waals surface area contributed by atoms with E-state index in [0.717, 1.165) is 11.1 Å². The number of carbonyl (C=O) groups is 2. The van der Waals surface area contributed by atoms with Crippen LogP contribution in [-0.4, -0.2) is 29.6 Å². The lowest BCUT2D eigenvalue weighted by atomic mass is 10.2. The molecule has 36 heavy (non-hydrogen) atoms. The molecular weight excluding hydrogens is 464 g/mol. The highest BCUT2D eigenvalue weighted by atomic mass is 16.6. The first kappa shape index (κ1) is 25.9. The molecule has 0 heterocycles. The van der Waals surface area contributed by atoms with Gasteiger partial charge in [0.05, 0.1) is 17.7 Å². The third-order valence-corrected chi connectivity index (χ3v) is 4.87. The Morgan fingerprint density at radius 3 is 2.36 bits per heavy atom. The van der Waals surface area contributed by atoms with Crippen LogP contribution in [0.4, 0.5) is 11.4 Å². The fraction of sp³-hybridized carbons (Fsp3) is 0.192. The number of anilines is 1. The summed E-state index contributed by atoms with van der Waals surface area (Å²) in [7, 11) is 0. The van der Waals surface area contributed by atoms with Crippen LogP contribution in [0, 0.1) is 17.0 Å². The predicted molar refractivity (Wildman–Crippen MR) is 135 cm³/mol. The number of nitro benzene ring substituents is 1. The minimum atomic E-state index is -0.552. The van der Waals surface area contributed by atoms with E-state index in [9.17, 15) is 19.7 Å². The molecule has 3 aromatic rings. The lowest BCUT2D eigenvalue weighted by Gasteiger charge is -2.12. The van der Waals surface area contributed by atoms with Crippen molar-refractivity contribution in [2.24, 2.45) is 5.10 Å². The summed E-state index contributed by atoms with van der Waals surface area (Å²) in [5.74, 6) is -0.0278. The number of hydrogen-bond donors (Lipinski definition) is 2. The van der Waals surface area contributed by atoms with Gasteiger partial charge in [-0.05, 0) is 67.4 Å². The fourth-order valence-corrected chi connectivity index (χ4v) is 3.07. The van der Waals surface area contributed by atoms with Crippen molar-refractivity contribution in [2.75, 3.05) is 11.9 Å². The molecule has 0 aliphatic heterocycles. The monoisotopic (exact) mass is 490 g/mol. The first-order valence-electron chi connectivity index (χ1n) is 11.2. The van der Waals surface area contributed by atoms with E-state index in [4.69, 9.17) is 9.47 Å². The van der Waals surface area contributed by atoms with Crippen molar-refractivity contribution in [1.82, 2.24) is 5.43 Å². The second-order valence-electron chi connectivity index (χ2n) is 7.74. The average Bonchev–Trinajstić information content (AvgIpc) is 2.85. The molecule has 0 fully saturated rings. The van der Waals surface area contributed by atoms with E-state index < -0.39 is 16.7 Å². The number of nitrogens with one attached hydrogen (secondary N) is 2. The summed E-state index contributed by atoms with van der Waals surface area (Å²) in [4.78, 5) is 34.4. The molecule has 0 saturated carbocycles. The van der Waals surface area contributed by atoms with Crippen LogP contribution in [0.3, 0.4) is 0 Å². The number of rotatable bonds is 11. The molecule has 3 aromatic carbocycles. The van der Waals surface area contributed by atoms with E-state index >= 15 is 0 Å². The van der Waals surface area contributed by atoms with E-state index in [0.29, 0.717) is 29.4 Å². The lowest BCUT2D eigenvalue weighted by Crippen LogP contribution is -2.24. The van der Waals surface area contributed by atoms with E-state index in [-0.39, 0.29) is 18.7 Å². The standard InChI is InChI=1S/C26H26N4O6/c1-3-35-24-14-20(8-13-23(24)36-17-19-6-11-22(12-7-19)30(33)34)16-27-29-26(32)15-25(31)28-21-9-4-18(2)5-10-21/h4-14,16H,3,15,17H2,1-2H3,(H,28,31)(H,29,32). The number of hydrazone groups is 1. The normalized spacial score (nSPS) is 10.6. The van der Waals surface area contributed by atoms with Crippen LogP contribution in [-0.2, 0) is 16.2 Å². The molecule has 0 bridgehead atoms. The van der Waals surface area contributed by atoms with Gasteiger partial charge in [0.1, 0.15) is 13.0 Å². The largest absolute Gasteiger partial charge is 0.490 e. The summed E-state index contributed by atoms with van der Waals surface area (Å²) in [6.07, 6.45) is 1.06. The second kappa shape index (κ2) is 12.7. The molecule has 0 radical (unpaired) electrons. The molecule has 0 unspecified atom stereocenters. The van der Waals surface area contributed by atoms with Crippen LogP contribution >= 0.6 is 0 Å². The van der Waals surface area contributed by atoms with Crippen molar-refractivity contribution in [2.45, 2.75) is 26.9 Å². The van der Waals surface area contributed by atoms with Gasteiger partial charge in [0.25, 0.3) is 5.69 Å². The van der Waals surface area contributed by atoms with E-state index in [2.05, 4.69) is 15.8 Å². The summed E-state index contributed by atoms with van der Waals surface area (Å²) >= 11 is 0. The third kappa shape index (κ3) is 7.94. The SMILES string of the molecule is CCOc1cc(C=NNC(=O)CC(=O)Nc2ccc(C)cc2)ccc1OCc1ccc([N+](=O)[O-])cc1. The average molecular weight is 491 g/mol. The number of non-ortho nitro benzene ring substituents is 1. The number of hydrogen-bond acceptors (Lipinski definition) is 7. The Morgan fingerprint density at radius 1 is 0.972 bits per heavy atom. The number of amides is 2. The molecule has 3 rings (SSSR count). The van der Waals surface area contributed by atoms with Gasteiger partial charge in [0.15, 0.2) is 11.5 Å². The molecule has 0 aliphatic rings. The number of carbonyl (C=O) groups excluding carboxylic acids is 2. The van der Waals surface area contributed by atoms with Crippen LogP contribution in [0.15, 0.2) is 71.8 Å². The Bertz CT molecular complexity index is 1240. The summed E-state index contributed by atoms with van der Waals surface area (Å²) in [6, 6.07) is 18.5. The Balaban J connectivity index is 1.54. The smallest absolute Gasteiger partial charge is 0.269 e. The number of benzene rings is 3. The lowest BCUT2D eigenvalue weighted by molar-refractivity contribution is -0.384. The Labute approximate surface area is 208 Å². The number of nitrogens with zero attached hydrogens (tertiary/aromatic N) is 2. The van der Waals surface area contributed by atoms with Gasteiger partial charge >= 0.3 is 0 Å². The quantitative estimate of drug-likeness (QED) is 0.178. The molecule has 2 amide bonds. The van der Waals surface area contributed by atoms with Crippen LogP contribution in [0.2, 0.25) is 0 Å². The maximum atomic E-state index is 12.0. The van der Waals surface area contributed by atoms with Crippen LogP contribution in [0.25, 0.3) is 0 Å². The van der Waals surface area contributed by atoms with Crippen molar-refractivity contribution in [3.8, 4) is 11.5 Å². The topological polar surface area (TPSA) is 132 Å². The molecule has 0 aliphatic carbocycles. The molecule has 186 valence electrons. The fourth-order valence-electron chi connectivity index (χ4n) is 3.07. The minimum Gasteiger partial charge on any atom is -0.490 e. The molecule has 0 saturated heterocycles. The van der Waals surface area contributed by atoms with Crippen molar-refractivity contribution in [1.29, 1.82) is 0 Å². The third-order valence-electron chi connectivity index (χ3n) is 4.87. The van der Waals surface area contributed by atoms with E-state index in [1.54, 1.807) is 42.5 Å². The van der Waals surface area contributed by atoms with Crippen molar-refractivity contribution in [3.63, 3.8) is 0 Å². The maximum absolute atomic E-state index is 12.0. The van der Waals surface area contributed by atoms with Gasteiger partial charge in [0.2, 0.25) is 11.8 Å². The zero-order valence-electron chi connectivity index (χ0n) is 19.9. The Hall–Kier alpha value is -4.73. The molecule has 10 heteroatoms. The zero-order valence-corrected chi connectivity index (χ0v) is 19.9. The van der Waals surface area contributed by atoms with Crippen molar-refractivity contribution >= 4 is 29.4 Å².